The zero-order valence-electron chi connectivity index (χ0n) is 18.0. The van der Waals surface area contributed by atoms with Crippen LogP contribution in [0, 0.1) is 0 Å². The van der Waals surface area contributed by atoms with Crippen LogP contribution in [0.4, 0.5) is 0 Å². The summed E-state index contributed by atoms with van der Waals surface area (Å²) in [6.45, 7) is 15.5. The third-order valence-electron chi connectivity index (χ3n) is 4.85. The van der Waals surface area contributed by atoms with Gasteiger partial charge in [-0.2, -0.15) is 0 Å². The van der Waals surface area contributed by atoms with Crippen LogP contribution in [-0.2, 0) is 15.6 Å². The predicted molar refractivity (Wildman–Crippen MR) is 112 cm³/mol. The van der Waals surface area contributed by atoms with Gasteiger partial charge in [0.1, 0.15) is 17.6 Å². The van der Waals surface area contributed by atoms with Gasteiger partial charge in [-0.05, 0) is 52.6 Å². The lowest BCUT2D eigenvalue weighted by atomic mass is 9.78. The number of phenols is 1. The largest absolute Gasteiger partial charge is 0.507 e. The van der Waals surface area contributed by atoms with Crippen molar-refractivity contribution in [3.8, 4) is 11.5 Å². The molecule has 2 aromatic carbocycles. The van der Waals surface area contributed by atoms with Crippen LogP contribution in [-0.4, -0.2) is 18.8 Å². The first-order valence-corrected chi connectivity index (χ1v) is 9.62. The molecule has 0 bridgehead atoms. The molecule has 2 rings (SSSR count). The lowest BCUT2D eigenvalue weighted by Gasteiger charge is -2.30. The SMILES string of the molecule is CCO[C@H](c1ccc(OC)cc1)c1cc(C(C)(C)C)cc(C(C)(C)C)c1O. The fourth-order valence-electron chi connectivity index (χ4n) is 3.17. The quantitative estimate of drug-likeness (QED) is 0.689. The van der Waals surface area contributed by atoms with Crippen LogP contribution >= 0.6 is 0 Å². The molecule has 0 aliphatic heterocycles. The maximum Gasteiger partial charge on any atom is 0.125 e. The molecule has 0 heterocycles. The van der Waals surface area contributed by atoms with E-state index < -0.39 is 0 Å². The number of rotatable bonds is 5. The van der Waals surface area contributed by atoms with Crippen molar-refractivity contribution in [3.63, 3.8) is 0 Å². The van der Waals surface area contributed by atoms with Gasteiger partial charge in [-0.25, -0.2) is 0 Å². The van der Waals surface area contributed by atoms with Crippen molar-refractivity contribution in [2.24, 2.45) is 0 Å². The summed E-state index contributed by atoms with van der Waals surface area (Å²) in [5.74, 6) is 1.13. The molecule has 0 unspecified atom stereocenters. The molecule has 0 aliphatic rings. The van der Waals surface area contributed by atoms with Gasteiger partial charge in [0, 0.05) is 12.2 Å². The lowest BCUT2D eigenvalue weighted by Crippen LogP contribution is -2.19. The Balaban J connectivity index is 2.70. The monoisotopic (exact) mass is 370 g/mol. The van der Waals surface area contributed by atoms with Gasteiger partial charge in [0.05, 0.1) is 7.11 Å². The summed E-state index contributed by atoms with van der Waals surface area (Å²) < 4.78 is 11.4. The van der Waals surface area contributed by atoms with Crippen LogP contribution in [0.1, 0.15) is 76.8 Å². The Bertz CT molecular complexity index is 762. The Morgan fingerprint density at radius 2 is 1.52 bits per heavy atom. The number of hydrogen-bond acceptors (Lipinski definition) is 3. The van der Waals surface area contributed by atoms with Crippen molar-refractivity contribution in [3.05, 3.63) is 58.7 Å². The zero-order valence-corrected chi connectivity index (χ0v) is 18.0. The average molecular weight is 371 g/mol. The first-order chi connectivity index (χ1) is 12.5. The van der Waals surface area contributed by atoms with Crippen molar-refractivity contribution in [2.45, 2.75) is 65.4 Å². The second kappa shape index (κ2) is 7.93. The number of aromatic hydroxyl groups is 1. The van der Waals surface area contributed by atoms with Crippen LogP contribution in [0.2, 0.25) is 0 Å². The molecule has 2 aromatic rings. The van der Waals surface area contributed by atoms with E-state index in [2.05, 4.69) is 53.7 Å². The molecule has 0 amide bonds. The summed E-state index contributed by atoms with van der Waals surface area (Å²) in [6, 6.07) is 12.1. The van der Waals surface area contributed by atoms with Gasteiger partial charge < -0.3 is 14.6 Å². The van der Waals surface area contributed by atoms with Crippen molar-refractivity contribution in [1.29, 1.82) is 0 Å². The fourth-order valence-corrected chi connectivity index (χ4v) is 3.17. The van der Waals surface area contributed by atoms with E-state index in [0.717, 1.165) is 22.4 Å². The van der Waals surface area contributed by atoms with Crippen molar-refractivity contribution < 1.29 is 14.6 Å². The molecule has 0 aromatic heterocycles. The first kappa shape index (κ1) is 21.3. The summed E-state index contributed by atoms with van der Waals surface area (Å²) in [7, 11) is 1.66. The topological polar surface area (TPSA) is 38.7 Å². The maximum absolute atomic E-state index is 11.2. The normalized spacial score (nSPS) is 13.5. The van der Waals surface area contributed by atoms with Gasteiger partial charge in [-0.3, -0.25) is 0 Å². The average Bonchev–Trinajstić information content (AvgIpc) is 2.58. The Morgan fingerprint density at radius 1 is 0.926 bits per heavy atom. The summed E-state index contributed by atoms with van der Waals surface area (Å²) in [4.78, 5) is 0. The molecule has 0 saturated carbocycles. The number of benzene rings is 2. The van der Waals surface area contributed by atoms with E-state index in [1.54, 1.807) is 7.11 Å². The smallest absolute Gasteiger partial charge is 0.125 e. The second-order valence-corrected chi connectivity index (χ2v) is 9.07. The highest BCUT2D eigenvalue weighted by Gasteiger charge is 2.28. The number of phenolic OH excluding ortho intramolecular Hbond substituents is 1. The van der Waals surface area contributed by atoms with Crippen LogP contribution in [0.25, 0.3) is 0 Å². The highest BCUT2D eigenvalue weighted by atomic mass is 16.5. The highest BCUT2D eigenvalue weighted by molar-refractivity contribution is 5.52. The predicted octanol–water partition coefficient (Wildman–Crippen LogP) is 6.12. The van der Waals surface area contributed by atoms with Crippen molar-refractivity contribution >= 4 is 0 Å². The maximum atomic E-state index is 11.2. The zero-order chi connectivity index (χ0) is 20.4. The number of hydrogen-bond donors (Lipinski definition) is 1. The minimum absolute atomic E-state index is 0.0286. The van der Waals surface area contributed by atoms with E-state index in [-0.39, 0.29) is 16.9 Å². The standard InChI is InChI=1S/C24H34O3/c1-9-27-22(16-10-12-18(26-8)13-11-16)19-14-17(23(2,3)4)15-20(21(19)25)24(5,6)7/h10-15,22,25H,9H2,1-8H3/t22-/m1/s1. The van der Waals surface area contributed by atoms with E-state index in [1.807, 2.05) is 31.2 Å². The highest BCUT2D eigenvalue weighted by Crippen LogP contribution is 2.42. The number of ether oxygens (including phenoxy) is 2. The van der Waals surface area contributed by atoms with Crippen molar-refractivity contribution in [1.82, 2.24) is 0 Å². The van der Waals surface area contributed by atoms with Crippen LogP contribution in [0.5, 0.6) is 11.5 Å². The van der Waals surface area contributed by atoms with Crippen LogP contribution in [0.3, 0.4) is 0 Å². The van der Waals surface area contributed by atoms with Crippen LogP contribution < -0.4 is 4.74 Å². The molecule has 3 nitrogen and oxygen atoms in total. The Kier molecular flexibility index (Phi) is 6.26. The van der Waals surface area contributed by atoms with Gasteiger partial charge in [0.15, 0.2) is 0 Å². The summed E-state index contributed by atoms with van der Waals surface area (Å²) >= 11 is 0. The van der Waals surface area contributed by atoms with E-state index >= 15 is 0 Å². The molecular formula is C24H34O3. The summed E-state index contributed by atoms with van der Waals surface area (Å²) in [6.07, 6.45) is -0.329. The van der Waals surface area contributed by atoms with Crippen LogP contribution in [0.15, 0.2) is 36.4 Å². The fraction of sp³-hybridized carbons (Fsp3) is 0.500. The second-order valence-electron chi connectivity index (χ2n) is 9.07. The number of methoxy groups -OCH3 is 1. The first-order valence-electron chi connectivity index (χ1n) is 9.62. The molecule has 27 heavy (non-hydrogen) atoms. The molecule has 0 radical (unpaired) electrons. The summed E-state index contributed by atoms with van der Waals surface area (Å²) in [5.41, 5.74) is 3.76. The lowest BCUT2D eigenvalue weighted by molar-refractivity contribution is 0.0891. The third-order valence-corrected chi connectivity index (χ3v) is 4.85. The molecule has 3 heteroatoms. The van der Waals surface area contributed by atoms with Gasteiger partial charge in [-0.15, -0.1) is 0 Å². The molecule has 0 saturated heterocycles. The van der Waals surface area contributed by atoms with Gasteiger partial charge in [-0.1, -0.05) is 59.7 Å². The molecule has 148 valence electrons. The van der Waals surface area contributed by atoms with E-state index in [0.29, 0.717) is 12.4 Å². The van der Waals surface area contributed by atoms with E-state index in [9.17, 15) is 5.11 Å². The van der Waals surface area contributed by atoms with Gasteiger partial charge >= 0.3 is 0 Å². The van der Waals surface area contributed by atoms with Gasteiger partial charge in [0.25, 0.3) is 0 Å². The molecular weight excluding hydrogens is 336 g/mol. The van der Waals surface area contributed by atoms with Gasteiger partial charge in [0.2, 0.25) is 0 Å². The molecule has 0 fully saturated rings. The summed E-state index contributed by atoms with van der Waals surface area (Å²) in [5, 5.41) is 11.2. The molecule has 0 spiro atoms. The Labute approximate surface area is 164 Å². The van der Waals surface area contributed by atoms with E-state index in [1.165, 1.54) is 5.56 Å². The Morgan fingerprint density at radius 3 is 1.96 bits per heavy atom. The third kappa shape index (κ3) is 4.84. The van der Waals surface area contributed by atoms with E-state index in [4.69, 9.17) is 9.47 Å². The minimum atomic E-state index is -0.329. The Hall–Kier alpha value is -2.00. The minimum Gasteiger partial charge on any atom is -0.507 e. The molecule has 0 aliphatic carbocycles. The molecule has 1 N–H and O–H groups in total. The molecule has 1 atom stereocenters. The van der Waals surface area contributed by atoms with Crippen molar-refractivity contribution in [2.75, 3.05) is 13.7 Å².